The molecular weight excluding hydrogens is 336 g/mol. The first-order chi connectivity index (χ1) is 13.1. The van der Waals surface area contributed by atoms with E-state index in [1.165, 1.54) is 0 Å². The number of aromatic nitrogens is 2. The number of hydrogen-bond acceptors (Lipinski definition) is 3. The number of carbonyl (C=O) groups excluding carboxylic acids is 1. The average Bonchev–Trinajstić information content (AvgIpc) is 3.14. The molecule has 1 aromatic carbocycles. The van der Waals surface area contributed by atoms with E-state index in [0.29, 0.717) is 5.92 Å². The van der Waals surface area contributed by atoms with Gasteiger partial charge >= 0.3 is 0 Å². The molecule has 0 bridgehead atoms. The Bertz CT molecular complexity index is 924. The lowest BCUT2D eigenvalue weighted by Crippen LogP contribution is -2.33. The number of rotatable bonds is 4. The number of fused-ring (bicyclic) bond motifs is 1. The number of benzene rings is 1. The lowest BCUT2D eigenvalue weighted by molar-refractivity contribution is -0.121. The first-order valence-electron chi connectivity index (χ1n) is 9.71. The molecule has 1 amide bonds. The molecule has 27 heavy (non-hydrogen) atoms. The summed E-state index contributed by atoms with van der Waals surface area (Å²) in [5.41, 5.74) is 9.71. The van der Waals surface area contributed by atoms with Crippen molar-refractivity contribution in [2.75, 3.05) is 5.32 Å². The fourth-order valence-corrected chi connectivity index (χ4v) is 4.05. The van der Waals surface area contributed by atoms with Crippen molar-refractivity contribution in [3.05, 3.63) is 48.7 Å². The summed E-state index contributed by atoms with van der Waals surface area (Å²) in [6.07, 6.45) is 5.62. The van der Waals surface area contributed by atoms with Crippen LogP contribution < -0.4 is 11.1 Å². The van der Waals surface area contributed by atoms with Crippen LogP contribution in [-0.4, -0.2) is 21.9 Å². The van der Waals surface area contributed by atoms with Crippen LogP contribution in [0.15, 0.2) is 48.7 Å². The quantitative estimate of drug-likeness (QED) is 0.646. The predicted molar refractivity (Wildman–Crippen MR) is 109 cm³/mol. The van der Waals surface area contributed by atoms with Gasteiger partial charge in [-0.25, -0.2) is 4.98 Å². The van der Waals surface area contributed by atoms with E-state index in [1.54, 1.807) is 6.20 Å². The molecule has 0 radical (unpaired) electrons. The molecule has 4 rings (SSSR count). The van der Waals surface area contributed by atoms with Crippen molar-refractivity contribution >= 4 is 22.6 Å². The largest absolute Gasteiger partial charge is 0.339 e. The van der Waals surface area contributed by atoms with Crippen molar-refractivity contribution in [2.45, 2.75) is 38.6 Å². The van der Waals surface area contributed by atoms with Gasteiger partial charge in [0.1, 0.15) is 5.65 Å². The molecule has 4 N–H and O–H groups in total. The van der Waals surface area contributed by atoms with E-state index in [1.807, 2.05) is 24.3 Å². The Kier molecular flexibility index (Phi) is 4.94. The first-order valence-corrected chi connectivity index (χ1v) is 9.71. The van der Waals surface area contributed by atoms with Crippen LogP contribution in [0.3, 0.4) is 0 Å². The molecule has 1 fully saturated rings. The highest BCUT2D eigenvalue weighted by atomic mass is 16.1. The van der Waals surface area contributed by atoms with Crippen LogP contribution in [0.25, 0.3) is 22.3 Å². The number of carbonyl (C=O) groups is 1. The third-order valence-corrected chi connectivity index (χ3v) is 5.76. The molecule has 2 heterocycles. The number of anilines is 1. The van der Waals surface area contributed by atoms with Crippen LogP contribution in [0.2, 0.25) is 0 Å². The summed E-state index contributed by atoms with van der Waals surface area (Å²) in [6, 6.07) is 14.3. The van der Waals surface area contributed by atoms with Gasteiger partial charge in [0.15, 0.2) is 0 Å². The number of hydrogen-bond donors (Lipinski definition) is 3. The zero-order valence-electron chi connectivity index (χ0n) is 15.6. The second-order valence-electron chi connectivity index (χ2n) is 7.63. The van der Waals surface area contributed by atoms with Crippen LogP contribution >= 0.6 is 0 Å². The molecule has 0 spiro atoms. The summed E-state index contributed by atoms with van der Waals surface area (Å²) < 4.78 is 0. The van der Waals surface area contributed by atoms with Crippen LogP contribution in [0.1, 0.15) is 32.6 Å². The monoisotopic (exact) mass is 362 g/mol. The van der Waals surface area contributed by atoms with E-state index >= 15 is 0 Å². The molecular formula is C22H26N4O. The van der Waals surface area contributed by atoms with Crippen LogP contribution in [0.4, 0.5) is 5.69 Å². The number of H-pyrrole nitrogens is 1. The van der Waals surface area contributed by atoms with Gasteiger partial charge in [0.25, 0.3) is 0 Å². The Balaban J connectivity index is 1.52. The second kappa shape index (κ2) is 7.53. The highest BCUT2D eigenvalue weighted by Gasteiger charge is 2.28. The number of pyridine rings is 1. The van der Waals surface area contributed by atoms with Gasteiger partial charge in [-0.2, -0.15) is 0 Å². The number of nitrogens with two attached hydrogens (primary N) is 1. The maximum atomic E-state index is 12.8. The minimum atomic E-state index is 0.0655. The fourth-order valence-electron chi connectivity index (χ4n) is 4.05. The number of amides is 1. The molecule has 0 aliphatic heterocycles. The standard InChI is InChI=1S/C22H26N4O/c1-14(23)15-7-9-17(10-8-15)22(27)26-19-11-12-24-21-18(19)13-20(25-21)16-5-3-2-4-6-16/h2-6,11-15,17H,7-10,23H2,1H3,(H2,24,25,26,27)/t14-,15?,17?/m0/s1. The van der Waals surface area contributed by atoms with Crippen molar-refractivity contribution in [1.82, 2.24) is 9.97 Å². The number of nitrogens with zero attached hydrogens (tertiary/aromatic N) is 1. The molecule has 2 aromatic heterocycles. The second-order valence-corrected chi connectivity index (χ2v) is 7.63. The Morgan fingerprint density at radius 1 is 1.19 bits per heavy atom. The van der Waals surface area contributed by atoms with Crippen molar-refractivity contribution in [1.29, 1.82) is 0 Å². The van der Waals surface area contributed by atoms with E-state index in [0.717, 1.165) is 53.7 Å². The SMILES string of the molecule is C[C@H](N)C1CCC(C(=O)Nc2ccnc3[nH]c(-c4ccccc4)cc23)CC1. The summed E-state index contributed by atoms with van der Waals surface area (Å²) in [5.74, 6) is 0.712. The first kappa shape index (κ1) is 17.7. The van der Waals surface area contributed by atoms with E-state index in [4.69, 9.17) is 5.73 Å². The third-order valence-electron chi connectivity index (χ3n) is 5.76. The van der Waals surface area contributed by atoms with Crippen molar-refractivity contribution in [3.63, 3.8) is 0 Å². The predicted octanol–water partition coefficient (Wildman–Crippen LogP) is 4.32. The third kappa shape index (κ3) is 3.74. The Morgan fingerprint density at radius 2 is 1.93 bits per heavy atom. The highest BCUT2D eigenvalue weighted by molar-refractivity contribution is 6.02. The maximum Gasteiger partial charge on any atom is 0.227 e. The van der Waals surface area contributed by atoms with Crippen molar-refractivity contribution in [3.8, 4) is 11.3 Å². The van der Waals surface area contributed by atoms with Gasteiger partial charge in [-0.1, -0.05) is 30.3 Å². The summed E-state index contributed by atoms with van der Waals surface area (Å²) in [5, 5.41) is 4.07. The van der Waals surface area contributed by atoms with Gasteiger partial charge < -0.3 is 16.0 Å². The highest BCUT2D eigenvalue weighted by Crippen LogP contribution is 2.32. The van der Waals surface area contributed by atoms with E-state index in [9.17, 15) is 4.79 Å². The molecule has 1 aliphatic rings. The Hall–Kier alpha value is -2.66. The number of nitrogens with one attached hydrogen (secondary N) is 2. The van der Waals surface area contributed by atoms with Gasteiger partial charge in [0.2, 0.25) is 5.91 Å². The smallest absolute Gasteiger partial charge is 0.227 e. The van der Waals surface area contributed by atoms with Crippen molar-refractivity contribution < 1.29 is 4.79 Å². The molecule has 3 aromatic rings. The fraction of sp³-hybridized carbons (Fsp3) is 0.364. The summed E-state index contributed by atoms with van der Waals surface area (Å²) in [7, 11) is 0. The summed E-state index contributed by atoms with van der Waals surface area (Å²) >= 11 is 0. The Morgan fingerprint density at radius 3 is 2.63 bits per heavy atom. The van der Waals surface area contributed by atoms with Crippen LogP contribution in [0, 0.1) is 11.8 Å². The van der Waals surface area contributed by atoms with Crippen LogP contribution in [-0.2, 0) is 4.79 Å². The molecule has 140 valence electrons. The molecule has 5 nitrogen and oxygen atoms in total. The van der Waals surface area contributed by atoms with Gasteiger partial charge in [0, 0.05) is 29.2 Å². The molecule has 1 saturated carbocycles. The van der Waals surface area contributed by atoms with Gasteiger partial charge in [-0.3, -0.25) is 4.79 Å². The normalized spacial score (nSPS) is 21.1. The van der Waals surface area contributed by atoms with E-state index in [-0.39, 0.29) is 17.9 Å². The topological polar surface area (TPSA) is 83.8 Å². The lowest BCUT2D eigenvalue weighted by Gasteiger charge is -2.30. The number of aromatic amines is 1. The molecule has 0 saturated heterocycles. The Labute approximate surface area is 159 Å². The van der Waals surface area contributed by atoms with Gasteiger partial charge in [0.05, 0.1) is 5.69 Å². The van der Waals surface area contributed by atoms with Gasteiger partial charge in [-0.05, 0) is 56.2 Å². The molecule has 1 aliphatic carbocycles. The molecule has 5 heteroatoms. The van der Waals surface area contributed by atoms with Gasteiger partial charge in [-0.15, -0.1) is 0 Å². The lowest BCUT2D eigenvalue weighted by atomic mass is 9.79. The minimum Gasteiger partial charge on any atom is -0.339 e. The minimum absolute atomic E-state index is 0.0655. The summed E-state index contributed by atoms with van der Waals surface area (Å²) in [4.78, 5) is 20.6. The van der Waals surface area contributed by atoms with E-state index < -0.39 is 0 Å². The molecule has 1 atom stereocenters. The van der Waals surface area contributed by atoms with Crippen molar-refractivity contribution in [2.24, 2.45) is 17.6 Å². The maximum absolute atomic E-state index is 12.8. The molecule has 0 unspecified atom stereocenters. The average molecular weight is 362 g/mol. The van der Waals surface area contributed by atoms with E-state index in [2.05, 4.69) is 40.4 Å². The zero-order chi connectivity index (χ0) is 18.8. The van der Waals surface area contributed by atoms with Crippen LogP contribution in [0.5, 0.6) is 0 Å². The summed E-state index contributed by atoms with van der Waals surface area (Å²) in [6.45, 7) is 2.06. The zero-order valence-corrected chi connectivity index (χ0v) is 15.6.